The molecule has 3 heteroatoms. The van der Waals surface area contributed by atoms with Crippen LogP contribution in [0.4, 0.5) is 0 Å². The summed E-state index contributed by atoms with van der Waals surface area (Å²) in [6, 6.07) is 1.23. The van der Waals surface area contributed by atoms with Crippen molar-refractivity contribution in [3.8, 4) is 0 Å². The van der Waals surface area contributed by atoms with Crippen LogP contribution < -0.4 is 4.98 Å². The fourth-order valence-corrected chi connectivity index (χ4v) is 6.00. The number of hydrogen-bond acceptors (Lipinski definition) is 2. The first-order valence-electron chi connectivity index (χ1n) is 12.4. The van der Waals surface area contributed by atoms with E-state index >= 15 is 0 Å². The number of unbranched alkanes of at least 4 members (excludes halogenated alkanes) is 14. The zero-order chi connectivity index (χ0) is 20.2. The smallest absolute Gasteiger partial charge is 0.252 e. The molecule has 2 nitrogen and oxygen atoms in total. The lowest BCUT2D eigenvalue weighted by Crippen LogP contribution is -2.49. The second-order valence-corrected chi connectivity index (χ2v) is 11.6. The molecule has 1 unspecified atom stereocenters. The first-order valence-corrected chi connectivity index (χ1v) is 14.2. The van der Waals surface area contributed by atoms with Gasteiger partial charge >= 0.3 is 0 Å². The van der Waals surface area contributed by atoms with Crippen LogP contribution in [-0.4, -0.2) is 21.9 Å². The minimum absolute atomic E-state index is 0.249. The molecule has 0 aromatic heterocycles. The average molecular weight is 400 g/mol. The molecule has 0 saturated carbocycles. The molecule has 0 fully saturated rings. The van der Waals surface area contributed by atoms with Gasteiger partial charge < -0.3 is 9.41 Å². The van der Waals surface area contributed by atoms with Crippen LogP contribution in [0.1, 0.15) is 137 Å². The van der Waals surface area contributed by atoms with Gasteiger partial charge in [-0.15, -0.1) is 0 Å². The van der Waals surface area contributed by atoms with E-state index in [0.29, 0.717) is 0 Å². The minimum atomic E-state index is -1.18. The monoisotopic (exact) mass is 399 g/mol. The van der Waals surface area contributed by atoms with Crippen LogP contribution in [0, 0.1) is 0 Å². The Labute approximate surface area is 174 Å². The van der Waals surface area contributed by atoms with Crippen LogP contribution in [0.3, 0.4) is 0 Å². The number of nitrogens with one attached hydrogen (secondary N) is 1. The predicted molar refractivity (Wildman–Crippen MR) is 126 cm³/mol. The van der Waals surface area contributed by atoms with E-state index in [1.165, 1.54) is 115 Å². The molecule has 0 aliphatic heterocycles. The maximum atomic E-state index is 5.68. The lowest BCUT2D eigenvalue weighted by Gasteiger charge is -2.30. The van der Waals surface area contributed by atoms with Crippen molar-refractivity contribution in [2.45, 2.75) is 148 Å². The largest absolute Gasteiger partial charge is 0.409 e. The summed E-state index contributed by atoms with van der Waals surface area (Å²) in [4.78, 5) is 3.81. The highest BCUT2D eigenvalue weighted by atomic mass is 28.3. The van der Waals surface area contributed by atoms with Gasteiger partial charge in [0.1, 0.15) is 0 Å². The van der Waals surface area contributed by atoms with Gasteiger partial charge in [-0.2, -0.15) is 0 Å². The fourth-order valence-electron chi connectivity index (χ4n) is 3.96. The van der Waals surface area contributed by atoms with Crippen LogP contribution in [0.15, 0.2) is 0 Å². The maximum Gasteiger partial charge on any atom is 0.252 e. The molecule has 0 bridgehead atoms. The molecule has 0 rings (SSSR count). The zero-order valence-electron chi connectivity index (χ0n) is 19.7. The summed E-state index contributed by atoms with van der Waals surface area (Å²) >= 11 is 0. The molecule has 0 spiro atoms. The summed E-state index contributed by atoms with van der Waals surface area (Å²) in [5.41, 5.74) is 0.249. The Morgan fingerprint density at radius 1 is 0.630 bits per heavy atom. The van der Waals surface area contributed by atoms with E-state index < -0.39 is 9.20 Å². The predicted octanol–water partition coefficient (Wildman–Crippen LogP) is 7.89. The Morgan fingerprint density at radius 2 is 1.04 bits per heavy atom. The maximum absolute atomic E-state index is 5.68. The van der Waals surface area contributed by atoms with Gasteiger partial charge in [-0.3, -0.25) is 0 Å². The van der Waals surface area contributed by atoms with E-state index in [4.69, 9.17) is 4.43 Å². The van der Waals surface area contributed by atoms with E-state index in [1.54, 1.807) is 0 Å². The standard InChI is InChI=1S/C24H53NOSi/c1-6-8-9-10-11-12-13-14-15-16-17-18-19-20-21-22-24(3,4)25-27(26-5)23-7-2/h25,27H,6-23H2,1-5H3. The third-order valence-electron chi connectivity index (χ3n) is 5.79. The molecule has 1 atom stereocenters. The van der Waals surface area contributed by atoms with Gasteiger partial charge in [-0.25, -0.2) is 0 Å². The normalized spacial score (nSPS) is 13.2. The summed E-state index contributed by atoms with van der Waals surface area (Å²) in [5, 5.41) is 0. The fraction of sp³-hybridized carbons (Fsp3) is 1.00. The molecule has 0 aromatic carbocycles. The third kappa shape index (κ3) is 19.2. The summed E-state index contributed by atoms with van der Waals surface area (Å²) in [6.45, 7) is 9.25. The van der Waals surface area contributed by atoms with Crippen molar-refractivity contribution in [1.82, 2.24) is 4.98 Å². The van der Waals surface area contributed by atoms with Crippen LogP contribution in [-0.2, 0) is 4.43 Å². The molecule has 164 valence electrons. The second-order valence-electron chi connectivity index (χ2n) is 9.24. The average Bonchev–Trinajstić information content (AvgIpc) is 2.64. The molecule has 0 aromatic rings. The Balaban J connectivity index is 3.37. The Hall–Kier alpha value is 0.137. The molecule has 0 saturated heterocycles. The number of rotatable bonds is 21. The molecule has 27 heavy (non-hydrogen) atoms. The topological polar surface area (TPSA) is 21.3 Å². The van der Waals surface area contributed by atoms with Crippen molar-refractivity contribution in [3.05, 3.63) is 0 Å². The van der Waals surface area contributed by atoms with E-state index in [2.05, 4.69) is 32.7 Å². The quantitative estimate of drug-likeness (QED) is 0.156. The van der Waals surface area contributed by atoms with Crippen LogP contribution in [0.2, 0.25) is 6.04 Å². The van der Waals surface area contributed by atoms with E-state index in [-0.39, 0.29) is 5.54 Å². The molecule has 1 N–H and O–H groups in total. The van der Waals surface area contributed by atoms with E-state index in [0.717, 1.165) is 0 Å². The molecular formula is C24H53NOSi. The summed E-state index contributed by atoms with van der Waals surface area (Å²) in [7, 11) is 0.696. The summed E-state index contributed by atoms with van der Waals surface area (Å²) in [6.07, 6.45) is 24.1. The van der Waals surface area contributed by atoms with Crippen molar-refractivity contribution < 1.29 is 4.43 Å². The molecule has 0 aliphatic carbocycles. The molecule has 0 radical (unpaired) electrons. The van der Waals surface area contributed by atoms with Gasteiger partial charge in [0, 0.05) is 12.6 Å². The molecular weight excluding hydrogens is 346 g/mol. The van der Waals surface area contributed by atoms with Crippen LogP contribution in [0.5, 0.6) is 0 Å². The first kappa shape index (κ1) is 27.1. The minimum Gasteiger partial charge on any atom is -0.409 e. The lowest BCUT2D eigenvalue weighted by molar-refractivity contribution is 0.345. The van der Waals surface area contributed by atoms with E-state index in [9.17, 15) is 0 Å². The van der Waals surface area contributed by atoms with Crippen molar-refractivity contribution in [2.75, 3.05) is 7.11 Å². The third-order valence-corrected chi connectivity index (χ3v) is 8.57. The summed E-state index contributed by atoms with van der Waals surface area (Å²) in [5.74, 6) is 0. The van der Waals surface area contributed by atoms with Crippen LogP contribution in [0.25, 0.3) is 0 Å². The molecule has 0 amide bonds. The van der Waals surface area contributed by atoms with Gasteiger partial charge in [-0.05, 0) is 26.3 Å². The van der Waals surface area contributed by atoms with Gasteiger partial charge in [-0.1, -0.05) is 117 Å². The molecule has 0 aliphatic rings. The van der Waals surface area contributed by atoms with E-state index in [1.807, 2.05) is 7.11 Å². The number of hydrogen-bond donors (Lipinski definition) is 1. The van der Waals surface area contributed by atoms with Crippen molar-refractivity contribution >= 4 is 9.20 Å². The lowest BCUT2D eigenvalue weighted by atomic mass is 9.97. The first-order chi connectivity index (χ1) is 13.1. The van der Waals surface area contributed by atoms with Gasteiger partial charge in [0.25, 0.3) is 9.20 Å². The zero-order valence-corrected chi connectivity index (χ0v) is 20.9. The van der Waals surface area contributed by atoms with Crippen molar-refractivity contribution in [1.29, 1.82) is 0 Å². The highest BCUT2D eigenvalue weighted by Crippen LogP contribution is 2.18. The Bertz CT molecular complexity index is 296. The Morgan fingerprint density at radius 3 is 1.41 bits per heavy atom. The van der Waals surface area contributed by atoms with Crippen molar-refractivity contribution in [2.24, 2.45) is 0 Å². The summed E-state index contributed by atoms with van der Waals surface area (Å²) < 4.78 is 5.68. The highest BCUT2D eigenvalue weighted by molar-refractivity contribution is 6.49. The Kier molecular flexibility index (Phi) is 19.6. The van der Waals surface area contributed by atoms with Crippen LogP contribution >= 0.6 is 0 Å². The second kappa shape index (κ2) is 19.5. The molecule has 0 heterocycles. The van der Waals surface area contributed by atoms with Crippen molar-refractivity contribution in [3.63, 3.8) is 0 Å². The van der Waals surface area contributed by atoms with Gasteiger partial charge in [0.2, 0.25) is 0 Å². The van der Waals surface area contributed by atoms with Gasteiger partial charge in [0.05, 0.1) is 0 Å². The SMILES string of the molecule is CCCCCCCCCCCCCCCCCC(C)(C)N[SiH](CCC)OC. The van der Waals surface area contributed by atoms with Gasteiger partial charge in [0.15, 0.2) is 0 Å². The highest BCUT2D eigenvalue weighted by Gasteiger charge is 2.22.